The predicted molar refractivity (Wildman–Crippen MR) is 99.2 cm³/mol. The summed E-state index contributed by atoms with van der Waals surface area (Å²) in [6.07, 6.45) is 0. The standard InChI is InChI=1S/C19H17ClN2O5/c1-3-26-17-8-12(5-7-16(17)25-2)19(24)27-11-18(23)22-15-9-14(20)6-4-13(15)10-21/h4-9H,3,11H2,1-2H3,(H,22,23). The lowest BCUT2D eigenvalue weighted by Crippen LogP contribution is -2.21. The summed E-state index contributed by atoms with van der Waals surface area (Å²) in [5.74, 6) is -0.409. The first-order chi connectivity index (χ1) is 13.0. The van der Waals surface area contributed by atoms with Gasteiger partial charge in [0.1, 0.15) is 6.07 Å². The molecule has 140 valence electrons. The van der Waals surface area contributed by atoms with E-state index in [2.05, 4.69) is 5.32 Å². The van der Waals surface area contributed by atoms with Crippen LogP contribution in [-0.2, 0) is 9.53 Å². The molecule has 27 heavy (non-hydrogen) atoms. The summed E-state index contributed by atoms with van der Waals surface area (Å²) in [7, 11) is 1.49. The number of nitrogens with zero attached hydrogens (tertiary/aromatic N) is 1. The Bertz CT molecular complexity index is 892. The molecule has 0 fully saturated rings. The molecule has 0 heterocycles. The van der Waals surface area contributed by atoms with Gasteiger partial charge in [-0.2, -0.15) is 5.26 Å². The highest BCUT2D eigenvalue weighted by Crippen LogP contribution is 2.28. The molecule has 0 aliphatic heterocycles. The van der Waals surface area contributed by atoms with Crippen LogP contribution in [0, 0.1) is 11.3 Å². The number of amides is 1. The SMILES string of the molecule is CCOc1cc(C(=O)OCC(=O)Nc2cc(Cl)ccc2C#N)ccc1OC. The minimum Gasteiger partial charge on any atom is -0.493 e. The number of anilines is 1. The summed E-state index contributed by atoms with van der Waals surface area (Å²) >= 11 is 5.86. The Morgan fingerprint density at radius 3 is 2.63 bits per heavy atom. The topological polar surface area (TPSA) is 97.6 Å². The van der Waals surface area contributed by atoms with Crippen LogP contribution in [0.3, 0.4) is 0 Å². The maximum absolute atomic E-state index is 12.2. The van der Waals surface area contributed by atoms with Gasteiger partial charge in [-0.05, 0) is 43.3 Å². The highest BCUT2D eigenvalue weighted by molar-refractivity contribution is 6.31. The van der Waals surface area contributed by atoms with Crippen LogP contribution in [0.4, 0.5) is 5.69 Å². The largest absolute Gasteiger partial charge is 0.493 e. The number of esters is 1. The highest BCUT2D eigenvalue weighted by Gasteiger charge is 2.15. The molecule has 0 aliphatic rings. The molecule has 8 heteroatoms. The first-order valence-electron chi connectivity index (χ1n) is 7.96. The van der Waals surface area contributed by atoms with Crippen LogP contribution in [-0.4, -0.2) is 32.2 Å². The molecule has 2 aromatic rings. The van der Waals surface area contributed by atoms with Crippen LogP contribution < -0.4 is 14.8 Å². The van der Waals surface area contributed by atoms with Gasteiger partial charge >= 0.3 is 5.97 Å². The summed E-state index contributed by atoms with van der Waals surface area (Å²) in [5, 5.41) is 11.9. The van der Waals surface area contributed by atoms with Crippen molar-refractivity contribution in [3.63, 3.8) is 0 Å². The van der Waals surface area contributed by atoms with Gasteiger partial charge in [0.25, 0.3) is 5.91 Å². The zero-order valence-corrected chi connectivity index (χ0v) is 15.5. The van der Waals surface area contributed by atoms with Crippen LogP contribution in [0.25, 0.3) is 0 Å². The van der Waals surface area contributed by atoms with Gasteiger partial charge in [-0.3, -0.25) is 4.79 Å². The molecule has 0 unspecified atom stereocenters. The Hall–Kier alpha value is -3.24. The maximum atomic E-state index is 12.2. The van der Waals surface area contributed by atoms with E-state index in [0.29, 0.717) is 23.1 Å². The molecule has 0 bridgehead atoms. The lowest BCUT2D eigenvalue weighted by molar-refractivity contribution is -0.119. The van der Waals surface area contributed by atoms with E-state index >= 15 is 0 Å². The van der Waals surface area contributed by atoms with Crippen LogP contribution >= 0.6 is 11.6 Å². The number of methoxy groups -OCH3 is 1. The maximum Gasteiger partial charge on any atom is 0.338 e. The first-order valence-corrected chi connectivity index (χ1v) is 8.33. The number of nitrogens with one attached hydrogen (secondary N) is 1. The van der Waals surface area contributed by atoms with Crippen LogP contribution in [0.5, 0.6) is 11.5 Å². The molecule has 0 saturated carbocycles. The number of halogens is 1. The Balaban J connectivity index is 2.01. The lowest BCUT2D eigenvalue weighted by atomic mass is 10.2. The number of carbonyl (C=O) groups is 2. The van der Waals surface area contributed by atoms with Crippen molar-refractivity contribution in [2.24, 2.45) is 0 Å². The second kappa shape index (κ2) is 9.46. The number of nitriles is 1. The second-order valence-electron chi connectivity index (χ2n) is 5.22. The van der Waals surface area contributed by atoms with Crippen molar-refractivity contribution in [3.05, 3.63) is 52.5 Å². The smallest absolute Gasteiger partial charge is 0.338 e. The molecule has 0 aromatic heterocycles. The van der Waals surface area contributed by atoms with E-state index in [9.17, 15) is 9.59 Å². The van der Waals surface area contributed by atoms with Crippen molar-refractivity contribution in [1.82, 2.24) is 0 Å². The lowest BCUT2D eigenvalue weighted by Gasteiger charge is -2.11. The van der Waals surface area contributed by atoms with Gasteiger partial charge in [0.05, 0.1) is 30.5 Å². The summed E-state index contributed by atoms with van der Waals surface area (Å²) in [4.78, 5) is 24.2. The number of hydrogen-bond donors (Lipinski definition) is 1. The minimum atomic E-state index is -0.694. The van der Waals surface area contributed by atoms with Crippen molar-refractivity contribution in [2.45, 2.75) is 6.92 Å². The fraction of sp³-hybridized carbons (Fsp3) is 0.211. The van der Waals surface area contributed by atoms with Crippen molar-refractivity contribution < 1.29 is 23.8 Å². The number of benzene rings is 2. The molecule has 0 spiro atoms. The number of ether oxygens (including phenoxy) is 3. The van der Waals surface area contributed by atoms with Crippen LogP contribution in [0.1, 0.15) is 22.8 Å². The minimum absolute atomic E-state index is 0.215. The molecule has 0 radical (unpaired) electrons. The third-order valence-corrected chi connectivity index (χ3v) is 3.64. The van der Waals surface area contributed by atoms with Gasteiger partial charge in [-0.25, -0.2) is 4.79 Å². The first kappa shape index (κ1) is 20.1. The molecule has 7 nitrogen and oxygen atoms in total. The number of carbonyl (C=O) groups excluding carboxylic acids is 2. The van der Waals surface area contributed by atoms with E-state index < -0.39 is 18.5 Å². The Kier molecular flexibility index (Phi) is 7.03. The Labute approximate surface area is 161 Å². The monoisotopic (exact) mass is 388 g/mol. The summed E-state index contributed by atoms with van der Waals surface area (Å²) < 4.78 is 15.6. The summed E-state index contributed by atoms with van der Waals surface area (Å²) in [5.41, 5.74) is 0.706. The average Bonchev–Trinajstić information content (AvgIpc) is 2.66. The molecule has 0 aliphatic carbocycles. The fourth-order valence-corrected chi connectivity index (χ4v) is 2.36. The van der Waals surface area contributed by atoms with E-state index in [4.69, 9.17) is 31.1 Å². The number of hydrogen-bond acceptors (Lipinski definition) is 6. The quantitative estimate of drug-likeness (QED) is 0.730. The second-order valence-corrected chi connectivity index (χ2v) is 5.66. The van der Waals surface area contributed by atoms with Crippen molar-refractivity contribution >= 4 is 29.2 Å². The Morgan fingerprint density at radius 1 is 1.19 bits per heavy atom. The van der Waals surface area contributed by atoms with E-state index in [1.807, 2.05) is 6.07 Å². The van der Waals surface area contributed by atoms with Gasteiger partial charge in [-0.1, -0.05) is 11.6 Å². The third-order valence-electron chi connectivity index (χ3n) is 3.41. The molecular formula is C19H17ClN2O5. The van der Waals surface area contributed by atoms with Gasteiger partial charge in [0.15, 0.2) is 18.1 Å². The molecule has 2 aromatic carbocycles. The predicted octanol–water partition coefficient (Wildman–Crippen LogP) is 3.41. The third kappa shape index (κ3) is 5.36. The van der Waals surface area contributed by atoms with Crippen LogP contribution in [0.2, 0.25) is 5.02 Å². The molecule has 0 saturated heterocycles. The molecule has 2 rings (SSSR count). The van der Waals surface area contributed by atoms with Gasteiger partial charge < -0.3 is 19.5 Å². The van der Waals surface area contributed by atoms with Gasteiger partial charge in [-0.15, -0.1) is 0 Å². The van der Waals surface area contributed by atoms with E-state index in [1.54, 1.807) is 13.0 Å². The number of rotatable bonds is 7. The summed E-state index contributed by atoms with van der Waals surface area (Å²) in [6, 6.07) is 11.0. The van der Waals surface area contributed by atoms with E-state index in [0.717, 1.165) is 0 Å². The van der Waals surface area contributed by atoms with Crippen molar-refractivity contribution in [3.8, 4) is 17.6 Å². The molecule has 1 amide bonds. The zero-order chi connectivity index (χ0) is 19.8. The van der Waals surface area contributed by atoms with Gasteiger partial charge in [0.2, 0.25) is 0 Å². The average molecular weight is 389 g/mol. The zero-order valence-electron chi connectivity index (χ0n) is 14.7. The molecular weight excluding hydrogens is 372 g/mol. The molecule has 0 atom stereocenters. The fourth-order valence-electron chi connectivity index (χ4n) is 2.19. The van der Waals surface area contributed by atoms with Gasteiger partial charge in [0, 0.05) is 5.02 Å². The Morgan fingerprint density at radius 2 is 1.96 bits per heavy atom. The van der Waals surface area contributed by atoms with Crippen molar-refractivity contribution in [2.75, 3.05) is 25.6 Å². The van der Waals surface area contributed by atoms with Crippen LogP contribution in [0.15, 0.2) is 36.4 Å². The van der Waals surface area contributed by atoms with E-state index in [1.165, 1.54) is 37.4 Å². The normalized spacial score (nSPS) is 9.85. The van der Waals surface area contributed by atoms with Crippen molar-refractivity contribution in [1.29, 1.82) is 5.26 Å². The molecule has 1 N–H and O–H groups in total. The summed E-state index contributed by atoms with van der Waals surface area (Å²) in [6.45, 7) is 1.68. The van der Waals surface area contributed by atoms with E-state index in [-0.39, 0.29) is 16.8 Å². The highest BCUT2D eigenvalue weighted by atomic mass is 35.5.